The van der Waals surface area contributed by atoms with Crippen molar-refractivity contribution in [1.82, 2.24) is 0 Å². The van der Waals surface area contributed by atoms with E-state index in [2.05, 4.69) is 10.1 Å². The highest BCUT2D eigenvalue weighted by atomic mass is 35.5. The van der Waals surface area contributed by atoms with Crippen LogP contribution in [0.15, 0.2) is 24.3 Å². The van der Waals surface area contributed by atoms with E-state index < -0.39 is 5.97 Å². The van der Waals surface area contributed by atoms with Gasteiger partial charge in [-0.1, -0.05) is 0 Å². The van der Waals surface area contributed by atoms with Crippen LogP contribution < -0.4 is 11.1 Å². The van der Waals surface area contributed by atoms with Gasteiger partial charge < -0.3 is 15.8 Å². The van der Waals surface area contributed by atoms with Crippen LogP contribution in [0.3, 0.4) is 0 Å². The van der Waals surface area contributed by atoms with Crippen LogP contribution >= 0.6 is 12.4 Å². The molecular weight excluding hydrogens is 256 g/mol. The zero-order valence-electron chi connectivity index (χ0n) is 10.3. The molecule has 1 rings (SSSR count). The van der Waals surface area contributed by atoms with Gasteiger partial charge in [0.15, 0.2) is 0 Å². The number of nitrogens with one attached hydrogen (secondary N) is 1. The summed E-state index contributed by atoms with van der Waals surface area (Å²) < 4.78 is 4.57. The molecule has 0 aliphatic heterocycles. The average Bonchev–Trinajstić information content (AvgIpc) is 2.28. The lowest BCUT2D eigenvalue weighted by Crippen LogP contribution is -2.23. The maximum Gasteiger partial charge on any atom is 0.337 e. The van der Waals surface area contributed by atoms with Gasteiger partial charge in [-0.3, -0.25) is 4.79 Å². The third kappa shape index (κ3) is 5.16. The molecule has 100 valence electrons. The van der Waals surface area contributed by atoms with Crippen molar-refractivity contribution in [3.63, 3.8) is 0 Å². The van der Waals surface area contributed by atoms with E-state index in [9.17, 15) is 9.59 Å². The number of esters is 1. The summed E-state index contributed by atoms with van der Waals surface area (Å²) in [5, 5.41) is 2.69. The molecule has 0 fully saturated rings. The molecule has 5 nitrogen and oxygen atoms in total. The summed E-state index contributed by atoms with van der Waals surface area (Å²) in [6.07, 6.45) is 0.263. The molecule has 0 saturated carbocycles. The van der Waals surface area contributed by atoms with Gasteiger partial charge in [-0.25, -0.2) is 4.79 Å². The van der Waals surface area contributed by atoms with Gasteiger partial charge >= 0.3 is 5.97 Å². The van der Waals surface area contributed by atoms with Crippen molar-refractivity contribution in [2.24, 2.45) is 5.73 Å². The molecule has 6 heteroatoms. The van der Waals surface area contributed by atoms with Crippen LogP contribution in [0.1, 0.15) is 23.7 Å². The minimum atomic E-state index is -0.404. The highest BCUT2D eigenvalue weighted by molar-refractivity contribution is 5.93. The topological polar surface area (TPSA) is 81.4 Å². The fraction of sp³-hybridized carbons (Fsp3) is 0.333. The largest absolute Gasteiger partial charge is 0.465 e. The Morgan fingerprint density at radius 2 is 1.89 bits per heavy atom. The zero-order valence-corrected chi connectivity index (χ0v) is 11.1. The summed E-state index contributed by atoms with van der Waals surface area (Å²) in [4.78, 5) is 22.6. The first-order valence-corrected chi connectivity index (χ1v) is 5.26. The molecule has 1 aromatic carbocycles. The Morgan fingerprint density at radius 1 is 1.33 bits per heavy atom. The molecule has 0 spiro atoms. The van der Waals surface area contributed by atoms with E-state index in [1.165, 1.54) is 7.11 Å². The van der Waals surface area contributed by atoms with E-state index in [0.717, 1.165) is 0 Å². The first-order chi connectivity index (χ1) is 8.02. The van der Waals surface area contributed by atoms with Crippen molar-refractivity contribution < 1.29 is 14.3 Å². The highest BCUT2D eigenvalue weighted by Crippen LogP contribution is 2.10. The number of methoxy groups -OCH3 is 1. The van der Waals surface area contributed by atoms with Crippen LogP contribution in [0.4, 0.5) is 5.69 Å². The molecule has 18 heavy (non-hydrogen) atoms. The quantitative estimate of drug-likeness (QED) is 0.815. The number of benzene rings is 1. The number of rotatable bonds is 4. The van der Waals surface area contributed by atoms with Gasteiger partial charge in [0.25, 0.3) is 0 Å². The second-order valence-corrected chi connectivity index (χ2v) is 3.80. The molecule has 1 aromatic rings. The van der Waals surface area contributed by atoms with Crippen LogP contribution in [0, 0.1) is 0 Å². The van der Waals surface area contributed by atoms with Gasteiger partial charge in [0.1, 0.15) is 0 Å². The summed E-state index contributed by atoms with van der Waals surface area (Å²) >= 11 is 0. The number of carbonyl (C=O) groups excluding carboxylic acids is 2. The standard InChI is InChI=1S/C12H16N2O3.ClH/c1-8(13)7-11(15)14-10-5-3-9(4-6-10)12(16)17-2;/h3-6,8H,7,13H2,1-2H3,(H,14,15);1H. The lowest BCUT2D eigenvalue weighted by molar-refractivity contribution is -0.116. The molecule has 1 atom stereocenters. The predicted octanol–water partition coefficient (Wildman–Crippen LogP) is 1.57. The van der Waals surface area contributed by atoms with E-state index in [1.54, 1.807) is 31.2 Å². The molecule has 0 heterocycles. The van der Waals surface area contributed by atoms with Gasteiger partial charge in [0.05, 0.1) is 12.7 Å². The minimum absolute atomic E-state index is 0. The fourth-order valence-electron chi connectivity index (χ4n) is 1.31. The lowest BCUT2D eigenvalue weighted by Gasteiger charge is -2.07. The molecule has 3 N–H and O–H groups in total. The number of hydrogen-bond acceptors (Lipinski definition) is 4. The van der Waals surface area contributed by atoms with Crippen LogP contribution in [0.25, 0.3) is 0 Å². The van der Waals surface area contributed by atoms with Crippen molar-refractivity contribution in [1.29, 1.82) is 0 Å². The average molecular weight is 273 g/mol. The zero-order chi connectivity index (χ0) is 12.8. The summed E-state index contributed by atoms with van der Waals surface area (Å²) in [6.45, 7) is 1.76. The molecular formula is C12H17ClN2O3. The van der Waals surface area contributed by atoms with E-state index >= 15 is 0 Å². The summed E-state index contributed by atoms with van der Waals surface area (Å²) in [7, 11) is 1.32. The Bertz CT molecular complexity index is 404. The maximum atomic E-state index is 11.4. The summed E-state index contributed by atoms with van der Waals surface area (Å²) in [6, 6.07) is 6.29. The SMILES string of the molecule is COC(=O)c1ccc(NC(=O)CC(C)N)cc1.Cl. The molecule has 0 radical (unpaired) electrons. The normalized spacial score (nSPS) is 11.1. The second-order valence-electron chi connectivity index (χ2n) is 3.80. The number of halogens is 1. The number of hydrogen-bond donors (Lipinski definition) is 2. The highest BCUT2D eigenvalue weighted by Gasteiger charge is 2.07. The van der Waals surface area contributed by atoms with Gasteiger partial charge in [0.2, 0.25) is 5.91 Å². The molecule has 0 bridgehead atoms. The Balaban J connectivity index is 0.00000289. The molecule has 1 amide bonds. The summed E-state index contributed by atoms with van der Waals surface area (Å²) in [5.74, 6) is -0.552. The second kappa shape index (κ2) is 7.68. The first kappa shape index (κ1) is 16.4. The monoisotopic (exact) mass is 272 g/mol. The van der Waals surface area contributed by atoms with Gasteiger partial charge in [-0.05, 0) is 31.2 Å². The lowest BCUT2D eigenvalue weighted by atomic mass is 10.2. The molecule has 1 unspecified atom stereocenters. The minimum Gasteiger partial charge on any atom is -0.465 e. The third-order valence-corrected chi connectivity index (χ3v) is 2.10. The van der Waals surface area contributed by atoms with Crippen LogP contribution in [-0.2, 0) is 9.53 Å². The number of nitrogens with two attached hydrogens (primary N) is 1. The van der Waals surface area contributed by atoms with Crippen LogP contribution in [0.2, 0.25) is 0 Å². The first-order valence-electron chi connectivity index (χ1n) is 5.26. The van der Waals surface area contributed by atoms with E-state index in [0.29, 0.717) is 11.3 Å². The van der Waals surface area contributed by atoms with E-state index in [-0.39, 0.29) is 30.8 Å². The fourth-order valence-corrected chi connectivity index (χ4v) is 1.31. The van der Waals surface area contributed by atoms with E-state index in [1.807, 2.05) is 0 Å². The number of carbonyl (C=O) groups is 2. The number of amides is 1. The van der Waals surface area contributed by atoms with Gasteiger partial charge in [-0.15, -0.1) is 12.4 Å². The van der Waals surface area contributed by atoms with Gasteiger partial charge in [-0.2, -0.15) is 0 Å². The van der Waals surface area contributed by atoms with Crippen LogP contribution in [0.5, 0.6) is 0 Å². The van der Waals surface area contributed by atoms with Crippen molar-refractivity contribution in [3.8, 4) is 0 Å². The van der Waals surface area contributed by atoms with Crippen molar-refractivity contribution in [2.45, 2.75) is 19.4 Å². The predicted molar refractivity (Wildman–Crippen MR) is 71.9 cm³/mol. The maximum absolute atomic E-state index is 11.4. The van der Waals surface area contributed by atoms with Gasteiger partial charge in [0, 0.05) is 18.2 Å². The van der Waals surface area contributed by atoms with Crippen LogP contribution in [-0.4, -0.2) is 25.0 Å². The molecule has 0 aromatic heterocycles. The molecule has 0 saturated heterocycles. The smallest absolute Gasteiger partial charge is 0.337 e. The van der Waals surface area contributed by atoms with Crippen molar-refractivity contribution in [2.75, 3.05) is 12.4 Å². The molecule has 0 aliphatic rings. The Kier molecular flexibility index (Phi) is 7.00. The van der Waals surface area contributed by atoms with Crippen molar-refractivity contribution >= 4 is 30.0 Å². The number of ether oxygens (including phenoxy) is 1. The molecule has 0 aliphatic carbocycles. The van der Waals surface area contributed by atoms with Crippen molar-refractivity contribution in [3.05, 3.63) is 29.8 Å². The summed E-state index contributed by atoms with van der Waals surface area (Å²) in [5.41, 5.74) is 6.58. The van der Waals surface area contributed by atoms with E-state index in [4.69, 9.17) is 5.73 Å². The Morgan fingerprint density at radius 3 is 2.33 bits per heavy atom. The Hall–Kier alpha value is -1.59. The third-order valence-electron chi connectivity index (χ3n) is 2.10. The Labute approximate surface area is 112 Å². The number of anilines is 1.